The molecule has 1 saturated heterocycles. The molecule has 0 radical (unpaired) electrons. The van der Waals surface area contributed by atoms with E-state index in [1.807, 2.05) is 30.3 Å². The SMILES string of the molecule is CNC(=O)[C@](C#N)(SCc1ccccc1)C1CN(C(N)=O)CCO1. The number of primary amides is 1. The first-order chi connectivity index (χ1) is 11.5. The molecular weight excluding hydrogens is 328 g/mol. The van der Waals surface area contributed by atoms with Crippen LogP contribution in [-0.4, -0.2) is 54.4 Å². The van der Waals surface area contributed by atoms with E-state index in [0.717, 1.165) is 5.56 Å². The molecule has 3 amide bonds. The van der Waals surface area contributed by atoms with Crippen LogP contribution < -0.4 is 11.1 Å². The van der Waals surface area contributed by atoms with Crippen molar-refractivity contribution in [2.75, 3.05) is 26.7 Å². The van der Waals surface area contributed by atoms with Crippen LogP contribution in [0.15, 0.2) is 30.3 Å². The van der Waals surface area contributed by atoms with Gasteiger partial charge in [0.1, 0.15) is 6.10 Å². The van der Waals surface area contributed by atoms with Gasteiger partial charge in [-0.2, -0.15) is 5.26 Å². The van der Waals surface area contributed by atoms with Gasteiger partial charge in [-0.25, -0.2) is 4.79 Å². The van der Waals surface area contributed by atoms with Gasteiger partial charge in [-0.3, -0.25) is 4.79 Å². The molecule has 8 heteroatoms. The van der Waals surface area contributed by atoms with E-state index >= 15 is 0 Å². The highest BCUT2D eigenvalue weighted by Gasteiger charge is 2.49. The van der Waals surface area contributed by atoms with Gasteiger partial charge in [-0.05, 0) is 5.56 Å². The van der Waals surface area contributed by atoms with Gasteiger partial charge in [0.2, 0.25) is 4.75 Å². The number of amides is 3. The number of rotatable bonds is 5. The summed E-state index contributed by atoms with van der Waals surface area (Å²) in [6, 6.07) is 11.1. The monoisotopic (exact) mass is 348 g/mol. The van der Waals surface area contributed by atoms with Gasteiger partial charge < -0.3 is 20.7 Å². The van der Waals surface area contributed by atoms with E-state index in [1.54, 1.807) is 0 Å². The maximum atomic E-state index is 12.5. The highest BCUT2D eigenvalue weighted by molar-refractivity contribution is 8.01. The minimum atomic E-state index is -1.46. The molecule has 3 N–H and O–H groups in total. The molecule has 1 unspecified atom stereocenters. The Hall–Kier alpha value is -2.24. The molecule has 0 aliphatic carbocycles. The number of nitrogens with one attached hydrogen (secondary N) is 1. The van der Waals surface area contributed by atoms with Crippen molar-refractivity contribution < 1.29 is 14.3 Å². The average Bonchev–Trinajstić information content (AvgIpc) is 2.63. The third-order valence-corrected chi connectivity index (χ3v) is 5.34. The van der Waals surface area contributed by atoms with Crippen molar-refractivity contribution in [1.82, 2.24) is 10.2 Å². The molecule has 7 nitrogen and oxygen atoms in total. The van der Waals surface area contributed by atoms with Crippen LogP contribution in [-0.2, 0) is 15.3 Å². The van der Waals surface area contributed by atoms with Crippen LogP contribution in [0.4, 0.5) is 4.79 Å². The summed E-state index contributed by atoms with van der Waals surface area (Å²) >= 11 is 1.20. The Morgan fingerprint density at radius 1 is 1.50 bits per heavy atom. The zero-order valence-electron chi connectivity index (χ0n) is 13.4. The predicted octanol–water partition coefficient (Wildman–Crippen LogP) is 0.708. The summed E-state index contributed by atoms with van der Waals surface area (Å²) in [6.45, 7) is 0.697. The molecule has 1 aliphatic rings. The van der Waals surface area contributed by atoms with Crippen molar-refractivity contribution in [1.29, 1.82) is 5.26 Å². The zero-order chi connectivity index (χ0) is 17.6. The fraction of sp³-hybridized carbons (Fsp3) is 0.438. The molecule has 0 bridgehead atoms. The number of hydrogen-bond acceptors (Lipinski definition) is 5. The Kier molecular flexibility index (Phi) is 6.06. The van der Waals surface area contributed by atoms with Crippen molar-refractivity contribution >= 4 is 23.7 Å². The van der Waals surface area contributed by atoms with Crippen LogP contribution in [0.5, 0.6) is 0 Å². The lowest BCUT2D eigenvalue weighted by molar-refractivity contribution is -0.127. The summed E-state index contributed by atoms with van der Waals surface area (Å²) in [5, 5.41) is 12.3. The van der Waals surface area contributed by atoms with E-state index in [4.69, 9.17) is 10.5 Å². The number of benzene rings is 1. The van der Waals surface area contributed by atoms with Crippen molar-refractivity contribution in [2.24, 2.45) is 5.73 Å². The molecule has 1 heterocycles. The van der Waals surface area contributed by atoms with Gasteiger partial charge in [0.05, 0.1) is 19.2 Å². The van der Waals surface area contributed by atoms with Crippen molar-refractivity contribution in [3.05, 3.63) is 35.9 Å². The highest BCUT2D eigenvalue weighted by Crippen LogP contribution is 2.35. The number of carbonyl (C=O) groups excluding carboxylic acids is 2. The number of nitrogens with zero attached hydrogens (tertiary/aromatic N) is 2. The largest absolute Gasteiger partial charge is 0.371 e. The number of urea groups is 1. The summed E-state index contributed by atoms with van der Waals surface area (Å²) < 4.78 is 4.21. The fourth-order valence-electron chi connectivity index (χ4n) is 2.51. The number of thioether (sulfide) groups is 1. The maximum Gasteiger partial charge on any atom is 0.314 e. The molecule has 2 atom stereocenters. The first-order valence-electron chi connectivity index (χ1n) is 7.50. The summed E-state index contributed by atoms with van der Waals surface area (Å²) in [5.41, 5.74) is 6.32. The Bertz CT molecular complexity index is 634. The Labute approximate surface area is 145 Å². The normalized spacial score (nSPS) is 19.8. The number of ether oxygens (including phenoxy) is 1. The predicted molar refractivity (Wildman–Crippen MR) is 91.0 cm³/mol. The first kappa shape index (κ1) is 18.1. The van der Waals surface area contributed by atoms with Gasteiger partial charge in [0.25, 0.3) is 5.91 Å². The number of nitriles is 1. The minimum Gasteiger partial charge on any atom is -0.371 e. The van der Waals surface area contributed by atoms with E-state index in [9.17, 15) is 14.9 Å². The molecule has 1 fully saturated rings. The molecule has 1 aromatic rings. The standard InChI is InChI=1S/C16H20N4O3S/c1-19-14(21)16(11-17,24-10-12-5-3-2-4-6-12)13-9-20(15(18)22)7-8-23-13/h2-6,13H,7-10H2,1H3,(H2,18,22)(H,19,21)/t13?,16-/m1/s1. The second-order valence-electron chi connectivity index (χ2n) is 5.34. The smallest absolute Gasteiger partial charge is 0.314 e. The minimum absolute atomic E-state index is 0.109. The van der Waals surface area contributed by atoms with E-state index in [1.165, 1.54) is 23.7 Å². The number of hydrogen-bond donors (Lipinski definition) is 2. The van der Waals surface area contributed by atoms with Gasteiger partial charge >= 0.3 is 6.03 Å². The molecule has 128 valence electrons. The van der Waals surface area contributed by atoms with Gasteiger partial charge in [0, 0.05) is 19.3 Å². The lowest BCUT2D eigenvalue weighted by atomic mass is 10.00. The second kappa shape index (κ2) is 8.04. The van der Waals surface area contributed by atoms with Crippen molar-refractivity contribution in [2.45, 2.75) is 16.6 Å². The Morgan fingerprint density at radius 3 is 2.79 bits per heavy atom. The summed E-state index contributed by atoms with van der Waals surface area (Å²) in [5.74, 6) is 0.0281. The topological polar surface area (TPSA) is 108 Å². The van der Waals surface area contributed by atoms with E-state index in [2.05, 4.69) is 11.4 Å². The number of morpholine rings is 1. The molecule has 1 aliphatic heterocycles. The van der Waals surface area contributed by atoms with E-state index in [-0.39, 0.29) is 13.2 Å². The maximum absolute atomic E-state index is 12.5. The molecule has 2 rings (SSSR count). The lowest BCUT2D eigenvalue weighted by Crippen LogP contribution is -2.60. The van der Waals surface area contributed by atoms with Gasteiger partial charge in [-0.15, -0.1) is 11.8 Å². The highest BCUT2D eigenvalue weighted by atomic mass is 32.2. The van der Waals surface area contributed by atoms with Crippen LogP contribution in [0.3, 0.4) is 0 Å². The quantitative estimate of drug-likeness (QED) is 0.814. The van der Waals surface area contributed by atoms with Crippen LogP contribution in [0.25, 0.3) is 0 Å². The van der Waals surface area contributed by atoms with Crippen molar-refractivity contribution in [3.8, 4) is 6.07 Å². The summed E-state index contributed by atoms with van der Waals surface area (Å²) in [4.78, 5) is 25.3. The third kappa shape index (κ3) is 3.80. The Morgan fingerprint density at radius 2 is 2.21 bits per heavy atom. The van der Waals surface area contributed by atoms with Crippen LogP contribution in [0, 0.1) is 11.3 Å². The first-order valence-corrected chi connectivity index (χ1v) is 8.49. The zero-order valence-corrected chi connectivity index (χ0v) is 14.2. The van der Waals surface area contributed by atoms with Crippen LogP contribution in [0.1, 0.15) is 5.56 Å². The number of nitrogens with two attached hydrogens (primary N) is 1. The molecule has 24 heavy (non-hydrogen) atoms. The van der Waals surface area contributed by atoms with Crippen LogP contribution in [0.2, 0.25) is 0 Å². The molecule has 0 aromatic heterocycles. The van der Waals surface area contributed by atoms with E-state index in [0.29, 0.717) is 12.3 Å². The molecule has 0 saturated carbocycles. The second-order valence-corrected chi connectivity index (χ2v) is 6.57. The van der Waals surface area contributed by atoms with Gasteiger partial charge in [0.15, 0.2) is 0 Å². The van der Waals surface area contributed by atoms with Gasteiger partial charge in [-0.1, -0.05) is 30.3 Å². The van der Waals surface area contributed by atoms with Crippen molar-refractivity contribution in [3.63, 3.8) is 0 Å². The fourth-order valence-corrected chi connectivity index (χ4v) is 3.73. The molecule has 1 aromatic carbocycles. The average molecular weight is 348 g/mol. The third-order valence-electron chi connectivity index (χ3n) is 3.87. The number of carbonyl (C=O) groups is 2. The van der Waals surface area contributed by atoms with Crippen LogP contribution >= 0.6 is 11.8 Å². The summed E-state index contributed by atoms with van der Waals surface area (Å²) in [6.07, 6.45) is -0.752. The molecule has 0 spiro atoms. The Balaban J connectivity index is 2.24. The summed E-state index contributed by atoms with van der Waals surface area (Å²) in [7, 11) is 1.48. The molecular formula is C16H20N4O3S. The van der Waals surface area contributed by atoms with E-state index < -0.39 is 22.8 Å². The lowest BCUT2D eigenvalue weighted by Gasteiger charge is -2.39.